The van der Waals surface area contributed by atoms with Crippen molar-refractivity contribution in [1.82, 2.24) is 19.6 Å². The average molecular weight is 630 g/mol. The van der Waals surface area contributed by atoms with Gasteiger partial charge in [0.15, 0.2) is 0 Å². The van der Waals surface area contributed by atoms with Crippen LogP contribution in [0.2, 0.25) is 0 Å². The number of aromatic nitrogens is 4. The second kappa shape index (κ2) is 8.62. The number of alkyl halides is 2. The summed E-state index contributed by atoms with van der Waals surface area (Å²) in [6, 6.07) is 30.2. The van der Waals surface area contributed by atoms with Crippen molar-refractivity contribution >= 4 is 21.8 Å². The Morgan fingerprint density at radius 2 is 1.03 bits per heavy atom. The molecule has 2 aromatic heterocycles. The van der Waals surface area contributed by atoms with E-state index in [-0.39, 0.29) is 32.2 Å². The number of halogens is 2. The van der Waals surface area contributed by atoms with Gasteiger partial charge in [0.25, 0.3) is 5.92 Å². The number of hydrogen-bond donors (Lipinski definition) is 0. The molecule has 0 fully saturated rings. The van der Waals surface area contributed by atoms with Crippen LogP contribution in [-0.4, -0.2) is 19.6 Å². The summed E-state index contributed by atoms with van der Waals surface area (Å²) in [5.41, 5.74) is 1.96. The normalized spacial score (nSPS) is 11.6. The van der Waals surface area contributed by atoms with E-state index in [4.69, 9.17) is 0 Å². The number of fused-ring (bicyclic) bond motifs is 2. The third-order valence-electron chi connectivity index (χ3n) is 5.56. The van der Waals surface area contributed by atoms with Gasteiger partial charge in [-0.05, 0) is 23.5 Å². The van der Waals surface area contributed by atoms with Crippen LogP contribution >= 0.6 is 0 Å². The third-order valence-corrected chi connectivity index (χ3v) is 5.56. The van der Waals surface area contributed by atoms with E-state index in [1.807, 2.05) is 48.5 Å². The number of rotatable bonds is 4. The molecule has 0 atom stereocenters. The van der Waals surface area contributed by atoms with Crippen LogP contribution in [0.15, 0.2) is 97.3 Å². The number of hydrogen-bond acceptors (Lipinski definition) is 2. The van der Waals surface area contributed by atoms with E-state index in [1.165, 1.54) is 12.1 Å². The first-order valence-electron chi connectivity index (χ1n) is 10.4. The Bertz CT molecular complexity index is 1430. The minimum atomic E-state index is -3.30. The van der Waals surface area contributed by atoms with Crippen LogP contribution in [0.3, 0.4) is 0 Å². The van der Waals surface area contributed by atoms with E-state index in [0.717, 1.165) is 21.8 Å². The van der Waals surface area contributed by atoms with Crippen LogP contribution in [0.1, 0.15) is 11.1 Å². The molecule has 0 aliphatic rings. The zero-order valence-corrected chi connectivity index (χ0v) is 19.9. The van der Waals surface area contributed by atoms with Crippen molar-refractivity contribution in [3.05, 3.63) is 121 Å². The molecule has 4 aromatic carbocycles. The van der Waals surface area contributed by atoms with Gasteiger partial charge in [0.1, 0.15) is 0 Å². The van der Waals surface area contributed by atoms with Crippen LogP contribution in [0.4, 0.5) is 8.78 Å². The van der Waals surface area contributed by atoms with E-state index in [2.05, 4.69) is 22.3 Å². The molecule has 6 aromatic rings. The first kappa shape index (κ1) is 22.2. The minimum absolute atomic E-state index is 0. The Hall–Kier alpha value is -3.63. The van der Waals surface area contributed by atoms with Gasteiger partial charge in [-0.3, -0.25) is 9.36 Å². The fourth-order valence-electron chi connectivity index (χ4n) is 3.87. The smallest absolute Gasteiger partial charge is 0.264 e. The number of nitrogens with zero attached hydrogens (tertiary/aromatic N) is 4. The molecule has 168 valence electrons. The Kier molecular flexibility index (Phi) is 5.62. The maximum atomic E-state index is 15.6. The van der Waals surface area contributed by atoms with Crippen molar-refractivity contribution in [2.75, 3.05) is 0 Å². The summed E-state index contributed by atoms with van der Waals surface area (Å²) in [7, 11) is 0. The average Bonchev–Trinajstić information content (AvgIpc) is 3.49. The Labute approximate surface area is 208 Å². The first-order valence-corrected chi connectivity index (χ1v) is 10.4. The predicted molar refractivity (Wildman–Crippen MR) is 123 cm³/mol. The molecule has 0 aliphatic carbocycles. The quantitative estimate of drug-likeness (QED) is 0.221. The van der Waals surface area contributed by atoms with Crippen molar-refractivity contribution in [3.8, 4) is 11.4 Å². The van der Waals surface area contributed by atoms with Crippen LogP contribution in [0.25, 0.3) is 33.2 Å². The largest absolute Gasteiger partial charge is 2.00 e. The van der Waals surface area contributed by atoms with Gasteiger partial charge in [-0.2, -0.15) is 34.5 Å². The van der Waals surface area contributed by atoms with E-state index in [0.29, 0.717) is 11.4 Å². The molecular formula is C27H16F2N4Pt. The molecule has 7 heteroatoms. The zero-order valence-electron chi connectivity index (χ0n) is 17.6. The summed E-state index contributed by atoms with van der Waals surface area (Å²) < 4.78 is 34.3. The van der Waals surface area contributed by atoms with Crippen molar-refractivity contribution in [2.45, 2.75) is 5.92 Å². The fraction of sp³-hybridized carbons (Fsp3) is 0.0370. The summed E-state index contributed by atoms with van der Waals surface area (Å²) in [6.07, 6.45) is 3.61. The summed E-state index contributed by atoms with van der Waals surface area (Å²) in [5.74, 6) is -3.30. The summed E-state index contributed by atoms with van der Waals surface area (Å²) in [5, 5.41) is 10.8. The van der Waals surface area contributed by atoms with Gasteiger partial charge in [0, 0.05) is 23.2 Å². The summed E-state index contributed by atoms with van der Waals surface area (Å²) >= 11 is 0. The molecule has 6 rings (SSSR count). The topological polar surface area (TPSA) is 35.6 Å². The fourth-order valence-corrected chi connectivity index (χ4v) is 3.87. The van der Waals surface area contributed by atoms with Crippen molar-refractivity contribution in [1.29, 1.82) is 0 Å². The van der Waals surface area contributed by atoms with Crippen molar-refractivity contribution in [3.63, 3.8) is 0 Å². The first-order chi connectivity index (χ1) is 16.1. The predicted octanol–water partition coefficient (Wildman–Crippen LogP) is 6.10. The van der Waals surface area contributed by atoms with Crippen molar-refractivity contribution in [2.24, 2.45) is 0 Å². The molecule has 0 unspecified atom stereocenters. The van der Waals surface area contributed by atoms with E-state index < -0.39 is 5.92 Å². The van der Waals surface area contributed by atoms with Crippen molar-refractivity contribution < 1.29 is 29.8 Å². The van der Waals surface area contributed by atoms with E-state index >= 15 is 8.78 Å². The molecule has 2 heterocycles. The van der Waals surface area contributed by atoms with E-state index in [1.54, 1.807) is 46.0 Å². The van der Waals surface area contributed by atoms with Crippen LogP contribution in [0, 0.1) is 12.1 Å². The molecule has 34 heavy (non-hydrogen) atoms. The maximum absolute atomic E-state index is 15.6. The van der Waals surface area contributed by atoms with E-state index in [9.17, 15) is 0 Å². The maximum Gasteiger partial charge on any atom is 2.00 e. The molecule has 0 saturated heterocycles. The van der Waals surface area contributed by atoms with Crippen LogP contribution < -0.4 is 0 Å². The standard InChI is InChI=1S/C27H16F2N4.Pt/c28-27(29,21-9-5-11-23(15-21)32-17-19-7-1-3-13-25(19)30-32)22-10-6-12-24(16-22)33-18-20-8-2-4-14-26(20)31-33;/h1-14,17-18H;/q-2;+2. The molecule has 0 saturated carbocycles. The molecule has 0 spiro atoms. The van der Waals surface area contributed by atoms with Crippen LogP contribution in [-0.2, 0) is 27.0 Å². The second-order valence-corrected chi connectivity index (χ2v) is 7.74. The Balaban J connectivity index is 0.00000241. The molecule has 0 radical (unpaired) electrons. The SMILES string of the molecule is FC(F)(c1[c-]c(-n2cc3ccccc3n2)ccc1)c1[c-]c(-n2cc3ccccc3n2)ccc1.[Pt+2]. The number of benzene rings is 4. The molecule has 0 N–H and O–H groups in total. The minimum Gasteiger partial charge on any atom is -0.264 e. The molecular weight excluding hydrogens is 613 g/mol. The monoisotopic (exact) mass is 629 g/mol. The van der Waals surface area contributed by atoms with Crippen LogP contribution in [0.5, 0.6) is 0 Å². The van der Waals surface area contributed by atoms with Gasteiger partial charge in [0.05, 0.1) is 11.0 Å². The van der Waals surface area contributed by atoms with Gasteiger partial charge in [-0.25, -0.2) is 8.78 Å². The summed E-state index contributed by atoms with van der Waals surface area (Å²) in [6.45, 7) is 0. The van der Waals surface area contributed by atoms with Gasteiger partial charge >= 0.3 is 21.1 Å². The molecule has 0 amide bonds. The van der Waals surface area contributed by atoms with Gasteiger partial charge in [-0.1, -0.05) is 47.5 Å². The zero-order chi connectivity index (χ0) is 22.4. The second-order valence-electron chi connectivity index (χ2n) is 7.74. The molecule has 0 bridgehead atoms. The molecule has 0 aliphatic heterocycles. The Morgan fingerprint density at radius 1 is 0.588 bits per heavy atom. The third kappa shape index (κ3) is 3.84. The van der Waals surface area contributed by atoms with Gasteiger partial charge < -0.3 is 0 Å². The summed E-state index contributed by atoms with van der Waals surface area (Å²) in [4.78, 5) is 0. The van der Waals surface area contributed by atoms with Gasteiger partial charge in [-0.15, -0.1) is 24.3 Å². The molecule has 4 nitrogen and oxygen atoms in total. The Morgan fingerprint density at radius 3 is 1.47 bits per heavy atom. The van der Waals surface area contributed by atoms with Gasteiger partial charge in [0.2, 0.25) is 0 Å².